The SMILES string of the molecule is CC(C(=O)N1CC2CNCC2C1)n1cncn1. The number of fused-ring (bicyclic) bond motifs is 1. The minimum absolute atomic E-state index is 0.157. The lowest BCUT2D eigenvalue weighted by molar-refractivity contribution is -0.133. The van der Waals surface area contributed by atoms with Gasteiger partial charge in [-0.3, -0.25) is 4.79 Å². The van der Waals surface area contributed by atoms with Crippen molar-refractivity contribution in [3.8, 4) is 0 Å². The van der Waals surface area contributed by atoms with Gasteiger partial charge in [0.05, 0.1) is 0 Å². The van der Waals surface area contributed by atoms with Crippen LogP contribution in [0.25, 0.3) is 0 Å². The van der Waals surface area contributed by atoms with Gasteiger partial charge in [0.1, 0.15) is 18.7 Å². The van der Waals surface area contributed by atoms with Crippen LogP contribution in [0.4, 0.5) is 0 Å². The van der Waals surface area contributed by atoms with Crippen molar-refractivity contribution in [2.45, 2.75) is 13.0 Å². The van der Waals surface area contributed by atoms with E-state index in [1.807, 2.05) is 11.8 Å². The van der Waals surface area contributed by atoms with E-state index in [0.29, 0.717) is 11.8 Å². The number of amides is 1. The number of rotatable bonds is 2. The molecule has 0 radical (unpaired) electrons. The third-order valence-corrected chi connectivity index (χ3v) is 3.89. The van der Waals surface area contributed by atoms with Gasteiger partial charge in [-0.2, -0.15) is 5.10 Å². The summed E-state index contributed by atoms with van der Waals surface area (Å²) in [6.07, 6.45) is 3.06. The Kier molecular flexibility index (Phi) is 2.58. The molecule has 0 bridgehead atoms. The van der Waals surface area contributed by atoms with Crippen LogP contribution in [0.1, 0.15) is 13.0 Å². The molecule has 0 aromatic carbocycles. The van der Waals surface area contributed by atoms with Gasteiger partial charge in [0.2, 0.25) is 5.91 Å². The molecular formula is C11H17N5O. The third kappa shape index (κ3) is 1.82. The molecule has 2 aliphatic rings. The van der Waals surface area contributed by atoms with Gasteiger partial charge < -0.3 is 10.2 Å². The summed E-state index contributed by atoms with van der Waals surface area (Å²) >= 11 is 0. The number of carbonyl (C=O) groups excluding carboxylic acids is 1. The summed E-state index contributed by atoms with van der Waals surface area (Å²) in [4.78, 5) is 18.1. The number of nitrogens with one attached hydrogen (secondary N) is 1. The lowest BCUT2D eigenvalue weighted by Crippen LogP contribution is -2.36. The summed E-state index contributed by atoms with van der Waals surface area (Å²) in [5.41, 5.74) is 0. The second-order valence-electron chi connectivity index (χ2n) is 4.97. The van der Waals surface area contributed by atoms with Crippen molar-refractivity contribution in [3.63, 3.8) is 0 Å². The van der Waals surface area contributed by atoms with Crippen LogP contribution >= 0.6 is 0 Å². The lowest BCUT2D eigenvalue weighted by atomic mass is 10.0. The first-order chi connectivity index (χ1) is 8.25. The van der Waals surface area contributed by atoms with Crippen LogP contribution in [-0.4, -0.2) is 51.8 Å². The molecule has 6 nitrogen and oxygen atoms in total. The van der Waals surface area contributed by atoms with Crippen molar-refractivity contribution in [1.29, 1.82) is 0 Å². The Labute approximate surface area is 100 Å². The zero-order valence-electron chi connectivity index (χ0n) is 9.91. The predicted molar refractivity (Wildman–Crippen MR) is 61.2 cm³/mol. The van der Waals surface area contributed by atoms with Crippen LogP contribution in [0, 0.1) is 11.8 Å². The van der Waals surface area contributed by atoms with E-state index in [1.54, 1.807) is 11.0 Å². The Bertz CT molecular complexity index is 392. The highest BCUT2D eigenvalue weighted by Gasteiger charge is 2.39. The highest BCUT2D eigenvalue weighted by Crippen LogP contribution is 2.27. The number of carbonyl (C=O) groups is 1. The van der Waals surface area contributed by atoms with Crippen LogP contribution in [0.15, 0.2) is 12.7 Å². The van der Waals surface area contributed by atoms with Crippen LogP contribution in [0.5, 0.6) is 0 Å². The highest BCUT2D eigenvalue weighted by molar-refractivity contribution is 5.80. The smallest absolute Gasteiger partial charge is 0.247 e. The summed E-state index contributed by atoms with van der Waals surface area (Å²) in [5, 5.41) is 7.40. The summed E-state index contributed by atoms with van der Waals surface area (Å²) < 4.78 is 1.62. The minimum atomic E-state index is -0.246. The molecule has 1 amide bonds. The molecule has 0 spiro atoms. The molecule has 1 aromatic heterocycles. The average Bonchev–Trinajstić information content (AvgIpc) is 3.01. The van der Waals surface area contributed by atoms with E-state index in [0.717, 1.165) is 26.2 Å². The van der Waals surface area contributed by atoms with Crippen molar-refractivity contribution < 1.29 is 4.79 Å². The van der Waals surface area contributed by atoms with Gasteiger partial charge in [-0.1, -0.05) is 0 Å². The van der Waals surface area contributed by atoms with Crippen molar-refractivity contribution >= 4 is 5.91 Å². The van der Waals surface area contributed by atoms with Gasteiger partial charge in [0.25, 0.3) is 0 Å². The Morgan fingerprint density at radius 3 is 2.71 bits per heavy atom. The summed E-state index contributed by atoms with van der Waals surface area (Å²) in [7, 11) is 0. The Morgan fingerprint density at radius 1 is 1.41 bits per heavy atom. The summed E-state index contributed by atoms with van der Waals surface area (Å²) in [6, 6.07) is -0.246. The fourth-order valence-electron chi connectivity index (χ4n) is 2.83. The van der Waals surface area contributed by atoms with E-state index in [9.17, 15) is 4.79 Å². The molecule has 2 aliphatic heterocycles. The number of hydrogen-bond acceptors (Lipinski definition) is 4. The number of nitrogens with zero attached hydrogens (tertiary/aromatic N) is 4. The fraction of sp³-hybridized carbons (Fsp3) is 0.727. The van der Waals surface area contributed by atoms with Crippen LogP contribution < -0.4 is 5.32 Å². The van der Waals surface area contributed by atoms with Crippen molar-refractivity contribution in [3.05, 3.63) is 12.7 Å². The molecule has 3 heterocycles. The van der Waals surface area contributed by atoms with Gasteiger partial charge in [-0.05, 0) is 18.8 Å². The highest BCUT2D eigenvalue weighted by atomic mass is 16.2. The number of likely N-dealkylation sites (tertiary alicyclic amines) is 1. The molecule has 3 atom stereocenters. The first-order valence-corrected chi connectivity index (χ1v) is 6.09. The summed E-state index contributed by atoms with van der Waals surface area (Å²) in [6.45, 7) is 5.74. The molecular weight excluding hydrogens is 218 g/mol. The largest absolute Gasteiger partial charge is 0.340 e. The van der Waals surface area contributed by atoms with E-state index < -0.39 is 0 Å². The molecule has 3 rings (SSSR count). The molecule has 2 saturated heterocycles. The second-order valence-corrected chi connectivity index (χ2v) is 4.97. The third-order valence-electron chi connectivity index (χ3n) is 3.89. The quantitative estimate of drug-likeness (QED) is 0.752. The minimum Gasteiger partial charge on any atom is -0.340 e. The molecule has 17 heavy (non-hydrogen) atoms. The molecule has 6 heteroatoms. The lowest BCUT2D eigenvalue weighted by Gasteiger charge is -2.21. The van der Waals surface area contributed by atoms with Crippen molar-refractivity contribution in [2.75, 3.05) is 26.2 Å². The van der Waals surface area contributed by atoms with Crippen LogP contribution in [0.3, 0.4) is 0 Å². The van der Waals surface area contributed by atoms with E-state index in [1.165, 1.54) is 6.33 Å². The molecule has 0 aliphatic carbocycles. The van der Waals surface area contributed by atoms with E-state index >= 15 is 0 Å². The molecule has 1 N–H and O–H groups in total. The van der Waals surface area contributed by atoms with Crippen molar-refractivity contribution in [2.24, 2.45) is 11.8 Å². The van der Waals surface area contributed by atoms with E-state index in [4.69, 9.17) is 0 Å². The van der Waals surface area contributed by atoms with E-state index in [2.05, 4.69) is 15.4 Å². The number of hydrogen-bond donors (Lipinski definition) is 1. The second kappa shape index (κ2) is 4.10. The molecule has 3 unspecified atom stereocenters. The topological polar surface area (TPSA) is 63.1 Å². The maximum Gasteiger partial charge on any atom is 0.247 e. The van der Waals surface area contributed by atoms with Gasteiger partial charge >= 0.3 is 0 Å². The maximum atomic E-state index is 12.3. The Balaban J connectivity index is 1.67. The maximum absolute atomic E-state index is 12.3. The molecule has 2 fully saturated rings. The average molecular weight is 235 g/mol. The van der Waals surface area contributed by atoms with Gasteiger partial charge in [-0.15, -0.1) is 0 Å². The Hall–Kier alpha value is -1.43. The monoisotopic (exact) mass is 235 g/mol. The van der Waals surface area contributed by atoms with E-state index in [-0.39, 0.29) is 11.9 Å². The van der Waals surface area contributed by atoms with Crippen LogP contribution in [0.2, 0.25) is 0 Å². The first kappa shape index (κ1) is 10.7. The fourth-order valence-corrected chi connectivity index (χ4v) is 2.83. The Morgan fingerprint density at radius 2 is 2.12 bits per heavy atom. The predicted octanol–water partition coefficient (Wildman–Crippen LogP) is -0.483. The molecule has 92 valence electrons. The summed E-state index contributed by atoms with van der Waals surface area (Å²) in [5.74, 6) is 1.44. The molecule has 0 saturated carbocycles. The zero-order chi connectivity index (χ0) is 11.8. The number of aromatic nitrogens is 3. The normalized spacial score (nSPS) is 29.4. The molecule has 1 aromatic rings. The van der Waals surface area contributed by atoms with Crippen molar-refractivity contribution in [1.82, 2.24) is 25.0 Å². The first-order valence-electron chi connectivity index (χ1n) is 6.09. The van der Waals surface area contributed by atoms with Gasteiger partial charge in [0.15, 0.2) is 0 Å². The van der Waals surface area contributed by atoms with Gasteiger partial charge in [0, 0.05) is 26.2 Å². The van der Waals surface area contributed by atoms with Gasteiger partial charge in [-0.25, -0.2) is 9.67 Å². The van der Waals surface area contributed by atoms with Crippen LogP contribution in [-0.2, 0) is 4.79 Å². The standard InChI is InChI=1S/C11H17N5O/c1-8(16-7-13-6-14-16)11(17)15-4-9-2-12-3-10(9)5-15/h6-10,12H,2-5H2,1H3. The zero-order valence-corrected chi connectivity index (χ0v) is 9.91.